The minimum Gasteiger partial charge on any atom is -0.352 e. The molecule has 0 heterocycles. The van der Waals surface area contributed by atoms with Gasteiger partial charge >= 0.3 is 0 Å². The third-order valence-electron chi connectivity index (χ3n) is 2.96. The van der Waals surface area contributed by atoms with Crippen molar-refractivity contribution in [3.8, 4) is 0 Å². The second-order valence-corrected chi connectivity index (χ2v) is 4.66. The van der Waals surface area contributed by atoms with Gasteiger partial charge in [-0.2, -0.15) is 0 Å². The van der Waals surface area contributed by atoms with Gasteiger partial charge in [-0.15, -0.1) is 0 Å². The topological polar surface area (TPSA) is 139 Å². The number of hydrogen-bond donors (Lipinski definition) is 4. The van der Waals surface area contributed by atoms with Crippen molar-refractivity contribution in [1.29, 1.82) is 0 Å². The lowest BCUT2D eigenvalue weighted by molar-refractivity contribution is -0.384. The number of carbonyl (C=O) groups excluding carboxylic acids is 2. The van der Waals surface area contributed by atoms with Crippen LogP contribution in [0.1, 0.15) is 23.2 Å². The Labute approximate surface area is 120 Å². The Morgan fingerprint density at radius 3 is 2.67 bits per heavy atom. The highest BCUT2D eigenvalue weighted by Crippen LogP contribution is 2.24. The quantitative estimate of drug-likeness (QED) is 0.328. The highest BCUT2D eigenvalue weighted by Gasteiger charge is 2.23. The summed E-state index contributed by atoms with van der Waals surface area (Å²) < 4.78 is 0. The monoisotopic (exact) mass is 293 g/mol. The maximum Gasteiger partial charge on any atom is 0.294 e. The van der Waals surface area contributed by atoms with Crippen LogP contribution in [0.5, 0.6) is 0 Å². The molecule has 0 radical (unpaired) electrons. The summed E-state index contributed by atoms with van der Waals surface area (Å²) in [4.78, 5) is 33.5. The molecule has 1 aromatic rings. The van der Waals surface area contributed by atoms with Crippen molar-refractivity contribution < 1.29 is 14.5 Å². The standard InChI is InChI=1S/C12H15N5O4/c13-16-9-4-1-7(5-10(9)17(20)21)12(19)14-6-11(18)15-8-2-3-8/h1,4-5,8,16H,2-3,6,13H2,(H,14,19)(H,15,18). The van der Waals surface area contributed by atoms with Gasteiger partial charge in [-0.1, -0.05) is 0 Å². The molecule has 0 atom stereocenters. The Balaban J connectivity index is 1.99. The van der Waals surface area contributed by atoms with Gasteiger partial charge in [-0.05, 0) is 25.0 Å². The van der Waals surface area contributed by atoms with Gasteiger partial charge in [0.05, 0.1) is 11.5 Å². The molecule has 21 heavy (non-hydrogen) atoms. The van der Waals surface area contributed by atoms with Crippen molar-refractivity contribution in [2.24, 2.45) is 5.84 Å². The molecule has 1 fully saturated rings. The van der Waals surface area contributed by atoms with Crippen LogP contribution < -0.4 is 21.9 Å². The summed E-state index contributed by atoms with van der Waals surface area (Å²) in [6.07, 6.45) is 1.92. The molecule has 0 saturated heterocycles. The van der Waals surface area contributed by atoms with Crippen LogP contribution in [0.4, 0.5) is 11.4 Å². The van der Waals surface area contributed by atoms with E-state index < -0.39 is 10.8 Å². The lowest BCUT2D eigenvalue weighted by atomic mass is 10.1. The molecule has 1 aromatic carbocycles. The SMILES string of the molecule is NNc1ccc(C(=O)NCC(=O)NC2CC2)cc1[N+](=O)[O-]. The molecule has 1 saturated carbocycles. The Hall–Kier alpha value is -2.68. The first-order valence-electron chi connectivity index (χ1n) is 6.34. The number of nitrogens with zero attached hydrogens (tertiary/aromatic N) is 1. The summed E-state index contributed by atoms with van der Waals surface area (Å²) in [5.74, 6) is 4.32. The number of rotatable bonds is 6. The van der Waals surface area contributed by atoms with Crippen LogP contribution in [0.2, 0.25) is 0 Å². The zero-order chi connectivity index (χ0) is 15.4. The normalized spacial score (nSPS) is 13.4. The number of hydrogen-bond acceptors (Lipinski definition) is 6. The number of carbonyl (C=O) groups is 2. The highest BCUT2D eigenvalue weighted by molar-refractivity contribution is 5.97. The lowest BCUT2D eigenvalue weighted by Crippen LogP contribution is -2.37. The predicted octanol–water partition coefficient (Wildman–Crippen LogP) is -0.111. The van der Waals surface area contributed by atoms with E-state index in [1.54, 1.807) is 0 Å². The summed E-state index contributed by atoms with van der Waals surface area (Å²) in [6.45, 7) is -0.167. The fourth-order valence-electron chi connectivity index (χ4n) is 1.71. The number of benzene rings is 1. The van der Waals surface area contributed by atoms with Gasteiger partial charge in [0.2, 0.25) is 5.91 Å². The molecule has 0 aromatic heterocycles. The first kappa shape index (κ1) is 14.7. The van der Waals surface area contributed by atoms with Gasteiger partial charge in [-0.3, -0.25) is 25.5 Å². The van der Waals surface area contributed by atoms with Crippen molar-refractivity contribution in [2.45, 2.75) is 18.9 Å². The average molecular weight is 293 g/mol. The van der Waals surface area contributed by atoms with E-state index in [-0.39, 0.29) is 35.4 Å². The summed E-state index contributed by atoms with van der Waals surface area (Å²) in [5, 5.41) is 16.0. The summed E-state index contributed by atoms with van der Waals surface area (Å²) >= 11 is 0. The predicted molar refractivity (Wildman–Crippen MR) is 74.4 cm³/mol. The van der Waals surface area contributed by atoms with Crippen LogP contribution in [0, 0.1) is 10.1 Å². The van der Waals surface area contributed by atoms with Crippen molar-refractivity contribution in [3.05, 3.63) is 33.9 Å². The van der Waals surface area contributed by atoms with E-state index in [0.717, 1.165) is 18.9 Å². The van der Waals surface area contributed by atoms with E-state index in [1.165, 1.54) is 12.1 Å². The third kappa shape index (κ3) is 3.89. The van der Waals surface area contributed by atoms with E-state index in [4.69, 9.17) is 5.84 Å². The minimum atomic E-state index is -0.647. The van der Waals surface area contributed by atoms with Crippen molar-refractivity contribution in [1.82, 2.24) is 10.6 Å². The van der Waals surface area contributed by atoms with E-state index in [1.807, 2.05) is 0 Å². The van der Waals surface area contributed by atoms with E-state index in [0.29, 0.717) is 0 Å². The molecule has 9 heteroatoms. The largest absolute Gasteiger partial charge is 0.352 e. The van der Waals surface area contributed by atoms with Gasteiger partial charge in [0, 0.05) is 17.7 Å². The molecule has 9 nitrogen and oxygen atoms in total. The molecule has 112 valence electrons. The fraction of sp³-hybridized carbons (Fsp3) is 0.333. The van der Waals surface area contributed by atoms with Crippen LogP contribution in [0.15, 0.2) is 18.2 Å². The zero-order valence-electron chi connectivity index (χ0n) is 11.1. The molecule has 2 rings (SSSR count). The smallest absolute Gasteiger partial charge is 0.294 e. The second-order valence-electron chi connectivity index (χ2n) is 4.66. The van der Waals surface area contributed by atoms with Gasteiger partial charge in [0.25, 0.3) is 11.6 Å². The summed E-state index contributed by atoms with van der Waals surface area (Å²) in [7, 11) is 0. The minimum absolute atomic E-state index is 0.0833. The molecule has 2 amide bonds. The maximum atomic E-state index is 11.9. The highest BCUT2D eigenvalue weighted by atomic mass is 16.6. The van der Waals surface area contributed by atoms with E-state index in [2.05, 4.69) is 16.1 Å². The Morgan fingerprint density at radius 2 is 2.10 bits per heavy atom. The summed E-state index contributed by atoms with van der Waals surface area (Å²) in [5.41, 5.74) is 2.06. The van der Waals surface area contributed by atoms with Gasteiger partial charge in [0.1, 0.15) is 5.69 Å². The number of anilines is 1. The molecule has 0 spiro atoms. The Morgan fingerprint density at radius 1 is 1.38 bits per heavy atom. The number of nitro benzene ring substituents is 1. The first-order valence-corrected chi connectivity index (χ1v) is 6.34. The van der Waals surface area contributed by atoms with Crippen LogP contribution in [0.3, 0.4) is 0 Å². The van der Waals surface area contributed by atoms with E-state index >= 15 is 0 Å². The molecule has 0 unspecified atom stereocenters. The van der Waals surface area contributed by atoms with Gasteiger partial charge in [-0.25, -0.2) is 0 Å². The Bertz CT molecular complexity index is 585. The number of hydrazine groups is 1. The number of amides is 2. The number of nitrogens with two attached hydrogens (primary N) is 1. The molecular weight excluding hydrogens is 278 g/mol. The van der Waals surface area contributed by atoms with Gasteiger partial charge in [0.15, 0.2) is 0 Å². The van der Waals surface area contributed by atoms with Crippen LogP contribution in [0.25, 0.3) is 0 Å². The molecule has 0 bridgehead atoms. The Kier molecular flexibility index (Phi) is 4.33. The van der Waals surface area contributed by atoms with Crippen molar-refractivity contribution in [3.63, 3.8) is 0 Å². The fourth-order valence-corrected chi connectivity index (χ4v) is 1.71. The lowest BCUT2D eigenvalue weighted by Gasteiger charge is -2.07. The molecule has 1 aliphatic rings. The molecule has 0 aliphatic heterocycles. The van der Waals surface area contributed by atoms with Gasteiger partial charge < -0.3 is 16.1 Å². The third-order valence-corrected chi connectivity index (χ3v) is 2.96. The molecule has 1 aliphatic carbocycles. The van der Waals surface area contributed by atoms with Crippen LogP contribution in [-0.4, -0.2) is 29.3 Å². The van der Waals surface area contributed by atoms with Crippen molar-refractivity contribution >= 4 is 23.2 Å². The van der Waals surface area contributed by atoms with E-state index in [9.17, 15) is 19.7 Å². The maximum absolute atomic E-state index is 11.9. The first-order chi connectivity index (χ1) is 10.0. The second kappa shape index (κ2) is 6.18. The number of nitrogens with one attached hydrogen (secondary N) is 3. The molecule has 5 N–H and O–H groups in total. The molecular formula is C12H15N5O4. The zero-order valence-corrected chi connectivity index (χ0v) is 11.1. The van der Waals surface area contributed by atoms with Crippen LogP contribution >= 0.6 is 0 Å². The summed E-state index contributed by atoms with van der Waals surface area (Å²) in [6, 6.07) is 4.03. The van der Waals surface area contributed by atoms with Crippen LogP contribution in [-0.2, 0) is 4.79 Å². The van der Waals surface area contributed by atoms with Crippen molar-refractivity contribution in [2.75, 3.05) is 12.0 Å². The number of nitro groups is 1. The average Bonchev–Trinajstić information content (AvgIpc) is 3.27. The number of nitrogen functional groups attached to an aromatic ring is 1.